The number of rotatable bonds is 6. The van der Waals surface area contributed by atoms with Crippen molar-refractivity contribution >= 4 is 39.2 Å². The zero-order valence-electron chi connectivity index (χ0n) is 13.6. The van der Waals surface area contributed by atoms with Gasteiger partial charge in [-0.15, -0.1) is 0 Å². The molecule has 0 fully saturated rings. The molecule has 1 atom stereocenters. The van der Waals surface area contributed by atoms with Gasteiger partial charge in [0.15, 0.2) is 6.61 Å². The van der Waals surface area contributed by atoms with Crippen molar-refractivity contribution in [3.8, 4) is 0 Å². The van der Waals surface area contributed by atoms with Gasteiger partial charge in [0.25, 0.3) is 5.91 Å². The van der Waals surface area contributed by atoms with Crippen LogP contribution < -0.4 is 5.32 Å². The van der Waals surface area contributed by atoms with Crippen LogP contribution >= 0.6 is 11.3 Å². The minimum absolute atomic E-state index is 0.0647. The van der Waals surface area contributed by atoms with E-state index in [-0.39, 0.29) is 9.88 Å². The predicted molar refractivity (Wildman–Crippen MR) is 94.0 cm³/mol. The van der Waals surface area contributed by atoms with E-state index in [1.54, 1.807) is 6.92 Å². The molecule has 0 spiro atoms. The monoisotopic (exact) mass is 374 g/mol. The van der Waals surface area contributed by atoms with Crippen LogP contribution in [0.1, 0.15) is 28.4 Å². The Bertz CT molecular complexity index is 943. The molecular weight excluding hydrogens is 360 g/mol. The van der Waals surface area contributed by atoms with Crippen LogP contribution in [-0.4, -0.2) is 23.4 Å². The molecule has 0 saturated heterocycles. The molecule has 0 aliphatic carbocycles. The Morgan fingerprint density at radius 1 is 1.31 bits per heavy atom. The fraction of sp³-hybridized carbons (Fsp3) is 0.176. The van der Waals surface area contributed by atoms with Crippen LogP contribution in [0, 0.1) is 10.1 Å². The first kappa shape index (κ1) is 17.6. The number of hydrogen-bond acceptors (Lipinski definition) is 7. The highest BCUT2D eigenvalue weighted by Crippen LogP contribution is 2.25. The summed E-state index contributed by atoms with van der Waals surface area (Å²) < 4.78 is 10.6. The summed E-state index contributed by atoms with van der Waals surface area (Å²) in [6, 6.07) is 11.4. The molecular formula is C17H14N2O6S. The minimum Gasteiger partial charge on any atom is -0.459 e. The fourth-order valence-corrected chi connectivity index (χ4v) is 3.02. The number of ether oxygens (including phenoxy) is 1. The van der Waals surface area contributed by atoms with Crippen molar-refractivity contribution in [1.82, 2.24) is 5.32 Å². The van der Waals surface area contributed by atoms with E-state index >= 15 is 0 Å². The molecule has 1 aromatic carbocycles. The van der Waals surface area contributed by atoms with E-state index in [1.165, 1.54) is 12.1 Å². The molecule has 2 heterocycles. The van der Waals surface area contributed by atoms with Gasteiger partial charge < -0.3 is 14.5 Å². The van der Waals surface area contributed by atoms with Gasteiger partial charge in [-0.05, 0) is 25.1 Å². The summed E-state index contributed by atoms with van der Waals surface area (Å²) in [6.07, 6.45) is 0. The largest absolute Gasteiger partial charge is 0.459 e. The number of amides is 1. The normalized spacial score (nSPS) is 11.9. The second-order valence-corrected chi connectivity index (χ2v) is 6.51. The molecule has 0 saturated carbocycles. The Hall–Kier alpha value is -3.20. The number of carbonyl (C=O) groups is 2. The third-order valence-electron chi connectivity index (χ3n) is 3.56. The van der Waals surface area contributed by atoms with Crippen molar-refractivity contribution < 1.29 is 23.7 Å². The number of nitrogens with one attached hydrogen (secondary N) is 1. The number of hydrogen-bond donors (Lipinski definition) is 1. The van der Waals surface area contributed by atoms with Gasteiger partial charge in [0.05, 0.1) is 11.0 Å². The lowest BCUT2D eigenvalue weighted by Crippen LogP contribution is -2.30. The first-order valence-corrected chi connectivity index (χ1v) is 8.45. The quantitative estimate of drug-likeness (QED) is 0.402. The number of para-hydroxylation sites is 1. The van der Waals surface area contributed by atoms with Gasteiger partial charge in [-0.3, -0.25) is 14.9 Å². The van der Waals surface area contributed by atoms with E-state index < -0.39 is 29.4 Å². The van der Waals surface area contributed by atoms with E-state index in [0.29, 0.717) is 22.7 Å². The summed E-state index contributed by atoms with van der Waals surface area (Å²) in [5, 5.41) is 14.0. The van der Waals surface area contributed by atoms with E-state index in [0.717, 1.165) is 5.39 Å². The minimum atomic E-state index is -0.783. The summed E-state index contributed by atoms with van der Waals surface area (Å²) in [4.78, 5) is 33.9. The lowest BCUT2D eigenvalue weighted by atomic mass is 10.2. The van der Waals surface area contributed by atoms with Crippen LogP contribution in [0.5, 0.6) is 0 Å². The standard InChI is InChI=1S/C17H14N2O6S/c1-10(13-8-11-4-2-3-5-12(11)25-13)18-15(20)9-24-17(21)14-6-7-16(26-14)19(22)23/h2-8,10H,9H2,1H3,(H,18,20)/t10-/m1/s1. The first-order valence-electron chi connectivity index (χ1n) is 7.63. The molecule has 0 bridgehead atoms. The molecule has 8 nitrogen and oxygen atoms in total. The number of carbonyl (C=O) groups excluding carboxylic acids is 2. The second-order valence-electron chi connectivity index (χ2n) is 5.45. The van der Waals surface area contributed by atoms with Crippen LogP contribution in [-0.2, 0) is 9.53 Å². The van der Waals surface area contributed by atoms with E-state index in [1.807, 2.05) is 30.3 Å². The molecule has 0 aliphatic heterocycles. The topological polar surface area (TPSA) is 112 Å². The van der Waals surface area contributed by atoms with E-state index in [2.05, 4.69) is 5.32 Å². The summed E-state index contributed by atoms with van der Waals surface area (Å²) >= 11 is 0.694. The highest BCUT2D eigenvalue weighted by Gasteiger charge is 2.19. The molecule has 1 amide bonds. The lowest BCUT2D eigenvalue weighted by Gasteiger charge is -2.11. The maximum atomic E-state index is 12.0. The van der Waals surface area contributed by atoms with Gasteiger partial charge in [-0.2, -0.15) is 0 Å². The molecule has 3 rings (SSSR count). The number of fused-ring (bicyclic) bond motifs is 1. The van der Waals surface area contributed by atoms with Gasteiger partial charge >= 0.3 is 11.0 Å². The molecule has 0 aliphatic rings. The highest BCUT2D eigenvalue weighted by molar-refractivity contribution is 7.17. The number of nitro groups is 1. The molecule has 26 heavy (non-hydrogen) atoms. The lowest BCUT2D eigenvalue weighted by molar-refractivity contribution is -0.380. The van der Waals surface area contributed by atoms with Crippen LogP contribution in [0.2, 0.25) is 0 Å². The van der Waals surface area contributed by atoms with Crippen LogP contribution in [0.4, 0.5) is 5.00 Å². The van der Waals surface area contributed by atoms with Crippen molar-refractivity contribution in [2.45, 2.75) is 13.0 Å². The number of thiophene rings is 1. The Labute approximate surface area is 151 Å². The number of esters is 1. The van der Waals surface area contributed by atoms with Crippen molar-refractivity contribution in [1.29, 1.82) is 0 Å². The van der Waals surface area contributed by atoms with Crippen molar-refractivity contribution in [2.75, 3.05) is 6.61 Å². The summed E-state index contributed by atoms with van der Waals surface area (Å²) in [7, 11) is 0. The predicted octanol–water partition coefficient (Wildman–Crippen LogP) is 3.44. The average molecular weight is 374 g/mol. The van der Waals surface area contributed by atoms with Crippen LogP contribution in [0.25, 0.3) is 11.0 Å². The molecule has 0 radical (unpaired) electrons. The van der Waals surface area contributed by atoms with E-state index in [4.69, 9.17) is 9.15 Å². The summed E-state index contributed by atoms with van der Waals surface area (Å²) in [6.45, 7) is 1.26. The maximum Gasteiger partial charge on any atom is 0.349 e. The Balaban J connectivity index is 1.54. The fourth-order valence-electron chi connectivity index (χ4n) is 2.31. The summed E-state index contributed by atoms with van der Waals surface area (Å²) in [5.74, 6) is -0.702. The zero-order chi connectivity index (χ0) is 18.7. The van der Waals surface area contributed by atoms with Crippen molar-refractivity contribution in [3.63, 3.8) is 0 Å². The third kappa shape index (κ3) is 3.89. The summed E-state index contributed by atoms with van der Waals surface area (Å²) in [5.41, 5.74) is 0.717. The van der Waals surface area contributed by atoms with Gasteiger partial charge in [0, 0.05) is 11.5 Å². The number of furan rings is 1. The SMILES string of the molecule is C[C@@H](NC(=O)COC(=O)c1ccc([N+](=O)[O-])s1)c1cc2ccccc2o1. The molecule has 134 valence electrons. The number of nitrogens with zero attached hydrogens (tertiary/aromatic N) is 1. The maximum absolute atomic E-state index is 12.0. The third-order valence-corrected chi connectivity index (χ3v) is 4.57. The molecule has 2 aromatic heterocycles. The van der Waals surface area contributed by atoms with E-state index in [9.17, 15) is 19.7 Å². The van der Waals surface area contributed by atoms with Crippen molar-refractivity contribution in [3.05, 3.63) is 63.2 Å². The van der Waals surface area contributed by atoms with Crippen LogP contribution in [0.3, 0.4) is 0 Å². The molecule has 3 aromatic rings. The first-order chi connectivity index (χ1) is 12.4. The van der Waals surface area contributed by atoms with Gasteiger partial charge in [-0.1, -0.05) is 29.5 Å². The highest BCUT2D eigenvalue weighted by atomic mass is 32.1. The Kier molecular flexibility index (Phi) is 4.99. The number of benzene rings is 1. The van der Waals surface area contributed by atoms with Gasteiger partial charge in [0.2, 0.25) is 0 Å². The molecule has 1 N–H and O–H groups in total. The van der Waals surface area contributed by atoms with Crippen molar-refractivity contribution in [2.24, 2.45) is 0 Å². The molecule has 9 heteroatoms. The Morgan fingerprint density at radius 3 is 2.77 bits per heavy atom. The van der Waals surface area contributed by atoms with Crippen LogP contribution in [0.15, 0.2) is 46.9 Å². The second kappa shape index (κ2) is 7.36. The zero-order valence-corrected chi connectivity index (χ0v) is 14.4. The average Bonchev–Trinajstić information content (AvgIpc) is 3.26. The molecule has 0 unspecified atom stereocenters. The smallest absolute Gasteiger partial charge is 0.349 e. The van der Waals surface area contributed by atoms with Gasteiger partial charge in [0.1, 0.15) is 16.2 Å². The van der Waals surface area contributed by atoms with Gasteiger partial charge in [-0.25, -0.2) is 4.79 Å². The Morgan fingerprint density at radius 2 is 2.08 bits per heavy atom.